The van der Waals surface area contributed by atoms with Crippen LogP contribution in [0.4, 0.5) is 0 Å². The Balaban J connectivity index is 4.40. The molecule has 0 heterocycles. The van der Waals surface area contributed by atoms with Crippen LogP contribution in [0.3, 0.4) is 0 Å². The standard InChI is InChI=1S/C20H40O3/c1-6-8-10-12-14-16-18(21)17(15-13-11-9-7-2)19(22)23-20(3,4)5/h17-18,21H,6-16H2,1-5H3/t17-,18-/m1/s1. The second-order valence-electron chi connectivity index (χ2n) is 7.76. The maximum absolute atomic E-state index is 12.4. The van der Waals surface area contributed by atoms with Gasteiger partial charge in [0.25, 0.3) is 0 Å². The lowest BCUT2D eigenvalue weighted by atomic mass is 9.91. The summed E-state index contributed by atoms with van der Waals surface area (Å²) in [5.74, 6) is -0.590. The van der Waals surface area contributed by atoms with Gasteiger partial charge in [0.2, 0.25) is 0 Å². The minimum absolute atomic E-state index is 0.227. The van der Waals surface area contributed by atoms with E-state index in [-0.39, 0.29) is 11.9 Å². The highest BCUT2D eigenvalue weighted by atomic mass is 16.6. The van der Waals surface area contributed by atoms with E-state index in [2.05, 4.69) is 13.8 Å². The number of esters is 1. The lowest BCUT2D eigenvalue weighted by molar-refractivity contribution is -0.164. The number of aliphatic hydroxyl groups is 1. The third-order valence-corrected chi connectivity index (χ3v) is 4.15. The molecule has 1 N–H and O–H groups in total. The van der Waals surface area contributed by atoms with Crippen LogP contribution < -0.4 is 0 Å². The number of hydrogen-bond donors (Lipinski definition) is 1. The summed E-state index contributed by atoms with van der Waals surface area (Å²) in [4.78, 5) is 12.4. The van der Waals surface area contributed by atoms with Crippen molar-refractivity contribution in [3.63, 3.8) is 0 Å². The number of carbonyl (C=O) groups excluding carboxylic acids is 1. The molecule has 3 heteroatoms. The minimum atomic E-state index is -0.562. The maximum atomic E-state index is 12.4. The Labute approximate surface area is 144 Å². The second-order valence-corrected chi connectivity index (χ2v) is 7.76. The van der Waals surface area contributed by atoms with Crippen molar-refractivity contribution in [3.05, 3.63) is 0 Å². The molecule has 0 saturated heterocycles. The molecule has 138 valence electrons. The van der Waals surface area contributed by atoms with E-state index in [1.165, 1.54) is 32.1 Å². The molecule has 0 aliphatic rings. The summed E-state index contributed by atoms with van der Waals surface area (Å²) in [5, 5.41) is 10.5. The van der Waals surface area contributed by atoms with Gasteiger partial charge in [-0.1, -0.05) is 71.6 Å². The van der Waals surface area contributed by atoms with E-state index in [1.54, 1.807) is 0 Å². The number of ether oxygens (including phenoxy) is 1. The zero-order valence-corrected chi connectivity index (χ0v) is 16.2. The highest BCUT2D eigenvalue weighted by Crippen LogP contribution is 2.23. The summed E-state index contributed by atoms with van der Waals surface area (Å²) < 4.78 is 5.52. The predicted molar refractivity (Wildman–Crippen MR) is 97.5 cm³/mol. The van der Waals surface area contributed by atoms with E-state index in [1.807, 2.05) is 20.8 Å². The van der Waals surface area contributed by atoms with E-state index in [4.69, 9.17) is 4.74 Å². The van der Waals surface area contributed by atoms with E-state index in [0.29, 0.717) is 6.42 Å². The van der Waals surface area contributed by atoms with E-state index < -0.39 is 11.7 Å². The highest BCUT2D eigenvalue weighted by Gasteiger charge is 2.30. The molecule has 0 spiro atoms. The molecule has 0 radical (unpaired) electrons. The Morgan fingerprint density at radius 1 is 0.870 bits per heavy atom. The molecule has 0 amide bonds. The van der Waals surface area contributed by atoms with Crippen LogP contribution in [0, 0.1) is 5.92 Å². The summed E-state index contributed by atoms with van der Waals surface area (Å²) in [5.41, 5.74) is -0.487. The van der Waals surface area contributed by atoms with Crippen LogP contribution in [-0.2, 0) is 9.53 Å². The number of unbranched alkanes of at least 4 members (excludes halogenated alkanes) is 7. The summed E-state index contributed by atoms with van der Waals surface area (Å²) >= 11 is 0. The zero-order chi connectivity index (χ0) is 17.7. The molecule has 0 rings (SSSR count). The Morgan fingerprint density at radius 2 is 1.35 bits per heavy atom. The Hall–Kier alpha value is -0.570. The van der Waals surface area contributed by atoms with Gasteiger partial charge in [0, 0.05) is 0 Å². The molecule has 0 aliphatic heterocycles. The van der Waals surface area contributed by atoms with Gasteiger partial charge < -0.3 is 9.84 Å². The van der Waals surface area contributed by atoms with Crippen molar-refractivity contribution in [2.75, 3.05) is 0 Å². The first-order chi connectivity index (χ1) is 10.8. The summed E-state index contributed by atoms with van der Waals surface area (Å²) in [6.07, 6.45) is 11.2. The van der Waals surface area contributed by atoms with Gasteiger partial charge in [0.1, 0.15) is 5.60 Å². The van der Waals surface area contributed by atoms with Crippen molar-refractivity contribution in [3.8, 4) is 0 Å². The molecule has 0 aromatic carbocycles. The Kier molecular flexibility index (Phi) is 12.5. The summed E-state index contributed by atoms with van der Waals surface area (Å²) in [7, 11) is 0. The average molecular weight is 329 g/mol. The SMILES string of the molecule is CCCCCCC[C@@H](O)[C@@H](CCCCCC)C(=O)OC(C)(C)C. The number of hydrogen-bond acceptors (Lipinski definition) is 3. The van der Waals surface area contributed by atoms with Gasteiger partial charge in [-0.3, -0.25) is 4.79 Å². The molecule has 0 bridgehead atoms. The quantitative estimate of drug-likeness (QED) is 0.352. The van der Waals surface area contributed by atoms with E-state index >= 15 is 0 Å². The fraction of sp³-hybridized carbons (Fsp3) is 0.950. The minimum Gasteiger partial charge on any atom is -0.460 e. The zero-order valence-electron chi connectivity index (χ0n) is 16.2. The molecule has 0 aliphatic carbocycles. The number of aliphatic hydroxyl groups excluding tert-OH is 1. The van der Waals surface area contributed by atoms with Gasteiger partial charge in [-0.15, -0.1) is 0 Å². The lowest BCUT2D eigenvalue weighted by Gasteiger charge is -2.27. The molecule has 23 heavy (non-hydrogen) atoms. The lowest BCUT2D eigenvalue weighted by Crippen LogP contribution is -2.35. The third-order valence-electron chi connectivity index (χ3n) is 4.15. The molecule has 0 aromatic rings. The molecule has 0 aromatic heterocycles. The van der Waals surface area contributed by atoms with Crippen molar-refractivity contribution >= 4 is 5.97 Å². The number of carbonyl (C=O) groups is 1. The smallest absolute Gasteiger partial charge is 0.312 e. The first kappa shape index (κ1) is 22.4. The molecule has 0 saturated carbocycles. The summed E-state index contributed by atoms with van der Waals surface area (Å²) in [6, 6.07) is 0. The van der Waals surface area contributed by atoms with Crippen LogP contribution >= 0.6 is 0 Å². The van der Waals surface area contributed by atoms with Crippen molar-refractivity contribution < 1.29 is 14.6 Å². The van der Waals surface area contributed by atoms with Gasteiger partial charge in [0.05, 0.1) is 12.0 Å². The van der Waals surface area contributed by atoms with Crippen LogP contribution in [0.2, 0.25) is 0 Å². The second kappa shape index (κ2) is 12.8. The van der Waals surface area contributed by atoms with Gasteiger partial charge in [-0.05, 0) is 33.6 Å². The van der Waals surface area contributed by atoms with E-state index in [0.717, 1.165) is 32.1 Å². The molecular weight excluding hydrogens is 288 g/mol. The van der Waals surface area contributed by atoms with Crippen LogP contribution in [0.1, 0.15) is 105 Å². The summed E-state index contributed by atoms with van der Waals surface area (Å²) in [6.45, 7) is 10.0. The van der Waals surface area contributed by atoms with Gasteiger partial charge in [-0.2, -0.15) is 0 Å². The largest absolute Gasteiger partial charge is 0.460 e. The maximum Gasteiger partial charge on any atom is 0.312 e. The van der Waals surface area contributed by atoms with Crippen LogP contribution in [0.15, 0.2) is 0 Å². The molecule has 2 atom stereocenters. The highest BCUT2D eigenvalue weighted by molar-refractivity contribution is 5.73. The van der Waals surface area contributed by atoms with Gasteiger partial charge in [-0.25, -0.2) is 0 Å². The van der Waals surface area contributed by atoms with Crippen molar-refractivity contribution in [1.29, 1.82) is 0 Å². The number of rotatable bonds is 13. The molecular formula is C20H40O3. The average Bonchev–Trinajstić information content (AvgIpc) is 2.45. The van der Waals surface area contributed by atoms with Crippen molar-refractivity contribution in [2.24, 2.45) is 5.92 Å². The molecule has 0 fully saturated rings. The van der Waals surface area contributed by atoms with E-state index in [9.17, 15) is 9.90 Å². The Morgan fingerprint density at radius 3 is 1.87 bits per heavy atom. The Bertz CT molecular complexity index is 294. The van der Waals surface area contributed by atoms with Crippen LogP contribution in [-0.4, -0.2) is 22.8 Å². The first-order valence-electron chi connectivity index (χ1n) is 9.72. The fourth-order valence-corrected chi connectivity index (χ4v) is 2.79. The van der Waals surface area contributed by atoms with Gasteiger partial charge in [0.15, 0.2) is 0 Å². The third kappa shape index (κ3) is 12.5. The van der Waals surface area contributed by atoms with Gasteiger partial charge >= 0.3 is 5.97 Å². The normalized spacial score (nSPS) is 14.5. The molecule has 3 nitrogen and oxygen atoms in total. The molecule has 0 unspecified atom stereocenters. The predicted octanol–water partition coefficient (Wildman–Crippen LogP) is 5.64. The van der Waals surface area contributed by atoms with Crippen molar-refractivity contribution in [2.45, 2.75) is 117 Å². The fourth-order valence-electron chi connectivity index (χ4n) is 2.79. The topological polar surface area (TPSA) is 46.5 Å². The van der Waals surface area contributed by atoms with Crippen LogP contribution in [0.5, 0.6) is 0 Å². The van der Waals surface area contributed by atoms with Crippen molar-refractivity contribution in [1.82, 2.24) is 0 Å². The van der Waals surface area contributed by atoms with Crippen LogP contribution in [0.25, 0.3) is 0 Å². The first-order valence-corrected chi connectivity index (χ1v) is 9.72. The monoisotopic (exact) mass is 328 g/mol.